The molecular weight excluding hydrogens is 244 g/mol. The van der Waals surface area contributed by atoms with E-state index in [1.54, 1.807) is 24.3 Å². The molecule has 1 saturated heterocycles. The molecule has 1 aliphatic heterocycles. The van der Waals surface area contributed by atoms with E-state index in [0.29, 0.717) is 12.2 Å². The zero-order chi connectivity index (χ0) is 13.7. The van der Waals surface area contributed by atoms with Gasteiger partial charge in [-0.15, -0.1) is 6.58 Å². The molecule has 102 valence electrons. The van der Waals surface area contributed by atoms with Crippen molar-refractivity contribution in [3.63, 3.8) is 0 Å². The molecule has 1 aromatic carbocycles. The van der Waals surface area contributed by atoms with Gasteiger partial charge in [0.15, 0.2) is 0 Å². The first-order chi connectivity index (χ1) is 9.22. The summed E-state index contributed by atoms with van der Waals surface area (Å²) in [7, 11) is 0. The fraction of sp³-hybridized carbons (Fsp3) is 0.400. The second-order valence-electron chi connectivity index (χ2n) is 4.57. The predicted octanol–water partition coefficient (Wildman–Crippen LogP) is 1.80. The van der Waals surface area contributed by atoms with Crippen molar-refractivity contribution in [2.24, 2.45) is 5.92 Å². The average Bonchev–Trinajstić information content (AvgIpc) is 2.93. The molecule has 1 heterocycles. The fourth-order valence-electron chi connectivity index (χ4n) is 2.19. The first-order valence-electron chi connectivity index (χ1n) is 6.36. The van der Waals surface area contributed by atoms with Crippen LogP contribution in [0.4, 0.5) is 0 Å². The monoisotopic (exact) mass is 262 g/mol. The Balaban J connectivity index is 1.88. The minimum absolute atomic E-state index is 0.0145. The van der Waals surface area contributed by atoms with E-state index in [9.17, 15) is 9.90 Å². The highest BCUT2D eigenvalue weighted by Gasteiger charge is 2.33. The maximum Gasteiger partial charge on any atom is 0.338 e. The lowest BCUT2D eigenvalue weighted by Crippen LogP contribution is -2.32. The topological polar surface area (TPSA) is 55.8 Å². The van der Waals surface area contributed by atoms with Gasteiger partial charge in [0.25, 0.3) is 0 Å². The number of carbonyl (C=O) groups excluding carboxylic acids is 1. The number of rotatable bonds is 5. The number of esters is 1. The number of hydrogen-bond acceptors (Lipinski definition) is 4. The molecule has 0 amide bonds. The van der Waals surface area contributed by atoms with Crippen LogP contribution in [0.3, 0.4) is 0 Å². The highest BCUT2D eigenvalue weighted by molar-refractivity contribution is 5.89. The Labute approximate surface area is 112 Å². The molecule has 4 heteroatoms. The lowest BCUT2D eigenvalue weighted by molar-refractivity contribution is -0.0128. The van der Waals surface area contributed by atoms with Gasteiger partial charge < -0.3 is 14.6 Å². The van der Waals surface area contributed by atoms with Crippen LogP contribution in [0, 0.1) is 5.92 Å². The number of benzene rings is 1. The Morgan fingerprint density at radius 3 is 2.95 bits per heavy atom. The van der Waals surface area contributed by atoms with Crippen LogP contribution >= 0.6 is 0 Å². The van der Waals surface area contributed by atoms with E-state index < -0.39 is 6.10 Å². The molecule has 0 spiro atoms. The fourth-order valence-corrected chi connectivity index (χ4v) is 2.19. The van der Waals surface area contributed by atoms with E-state index in [4.69, 9.17) is 9.47 Å². The van der Waals surface area contributed by atoms with E-state index in [-0.39, 0.29) is 24.6 Å². The third-order valence-corrected chi connectivity index (χ3v) is 3.28. The van der Waals surface area contributed by atoms with Gasteiger partial charge in [-0.3, -0.25) is 0 Å². The lowest BCUT2D eigenvalue weighted by atomic mass is 9.98. The minimum atomic E-state index is -0.720. The molecule has 1 fully saturated rings. The molecule has 19 heavy (non-hydrogen) atoms. The molecule has 0 bridgehead atoms. The quantitative estimate of drug-likeness (QED) is 0.649. The number of aliphatic hydroxyl groups is 1. The summed E-state index contributed by atoms with van der Waals surface area (Å²) in [6.45, 7) is 4.37. The zero-order valence-corrected chi connectivity index (χ0v) is 10.7. The third kappa shape index (κ3) is 3.43. The summed E-state index contributed by atoms with van der Waals surface area (Å²) < 4.78 is 10.7. The summed E-state index contributed by atoms with van der Waals surface area (Å²) in [5.41, 5.74) is 0.530. The smallest absolute Gasteiger partial charge is 0.338 e. The van der Waals surface area contributed by atoms with Crippen molar-refractivity contribution in [3.05, 3.63) is 48.6 Å². The molecule has 1 aromatic rings. The third-order valence-electron chi connectivity index (χ3n) is 3.28. The van der Waals surface area contributed by atoms with Gasteiger partial charge in [0.05, 0.1) is 24.4 Å². The van der Waals surface area contributed by atoms with Gasteiger partial charge in [0.1, 0.15) is 0 Å². The van der Waals surface area contributed by atoms with E-state index in [1.165, 1.54) is 6.08 Å². The van der Waals surface area contributed by atoms with Crippen molar-refractivity contribution in [2.75, 3.05) is 13.2 Å². The number of hydrogen-bond donors (Lipinski definition) is 1. The molecule has 0 saturated carbocycles. The van der Waals surface area contributed by atoms with Crippen LogP contribution < -0.4 is 0 Å². The summed E-state index contributed by atoms with van der Waals surface area (Å²) in [5, 5.41) is 9.73. The van der Waals surface area contributed by atoms with Gasteiger partial charge in [-0.2, -0.15) is 0 Å². The van der Waals surface area contributed by atoms with Crippen molar-refractivity contribution in [1.82, 2.24) is 0 Å². The van der Waals surface area contributed by atoms with Gasteiger partial charge >= 0.3 is 5.97 Å². The van der Waals surface area contributed by atoms with Crippen LogP contribution in [0.5, 0.6) is 0 Å². The summed E-state index contributed by atoms with van der Waals surface area (Å²) >= 11 is 0. The molecule has 0 aromatic heterocycles. The number of aliphatic hydroxyl groups excluding tert-OH is 1. The molecule has 2 rings (SSSR count). The van der Waals surface area contributed by atoms with Crippen LogP contribution in [0.1, 0.15) is 16.8 Å². The highest BCUT2D eigenvalue weighted by atomic mass is 16.5. The molecule has 1 aliphatic rings. The van der Waals surface area contributed by atoms with Crippen LogP contribution in [0.25, 0.3) is 0 Å². The van der Waals surface area contributed by atoms with E-state index in [2.05, 4.69) is 6.58 Å². The average molecular weight is 262 g/mol. The maximum absolute atomic E-state index is 11.8. The van der Waals surface area contributed by atoms with Crippen molar-refractivity contribution in [2.45, 2.75) is 18.6 Å². The molecule has 1 N–H and O–H groups in total. The summed E-state index contributed by atoms with van der Waals surface area (Å²) in [6, 6.07) is 8.85. The van der Waals surface area contributed by atoms with E-state index in [0.717, 1.165) is 6.42 Å². The Kier molecular flexibility index (Phi) is 4.71. The van der Waals surface area contributed by atoms with Gasteiger partial charge in [0, 0.05) is 12.5 Å². The van der Waals surface area contributed by atoms with Crippen molar-refractivity contribution >= 4 is 5.97 Å². The van der Waals surface area contributed by atoms with Crippen molar-refractivity contribution < 1.29 is 19.4 Å². The first-order valence-corrected chi connectivity index (χ1v) is 6.36. The van der Waals surface area contributed by atoms with E-state index in [1.807, 2.05) is 6.07 Å². The van der Waals surface area contributed by atoms with Crippen LogP contribution in [-0.2, 0) is 9.47 Å². The Hall–Kier alpha value is -1.65. The first kappa shape index (κ1) is 13.8. The summed E-state index contributed by atoms with van der Waals surface area (Å²) in [6.07, 6.45) is 1.17. The van der Waals surface area contributed by atoms with Crippen molar-refractivity contribution in [1.29, 1.82) is 0 Å². The molecule has 0 aliphatic carbocycles. The van der Waals surface area contributed by atoms with Crippen LogP contribution in [0.2, 0.25) is 0 Å². The van der Waals surface area contributed by atoms with Gasteiger partial charge in [-0.1, -0.05) is 24.3 Å². The van der Waals surface area contributed by atoms with Gasteiger partial charge in [0.2, 0.25) is 0 Å². The van der Waals surface area contributed by atoms with Gasteiger partial charge in [-0.05, 0) is 18.6 Å². The molecule has 0 radical (unpaired) electrons. The standard InChI is InChI=1S/C15H18O4/c1-2-13(16)14-12(8-9-18-14)10-19-15(17)11-6-4-3-5-7-11/h2-7,12-14,16H,1,8-10H2/t12-,13?,14+/m0/s1. The van der Waals surface area contributed by atoms with Gasteiger partial charge in [-0.25, -0.2) is 4.79 Å². The SMILES string of the molecule is C=CC(O)[C@@H]1OCC[C@H]1COC(=O)c1ccccc1. The summed E-state index contributed by atoms with van der Waals surface area (Å²) in [4.78, 5) is 11.8. The minimum Gasteiger partial charge on any atom is -0.462 e. The number of ether oxygens (including phenoxy) is 2. The largest absolute Gasteiger partial charge is 0.462 e. The normalized spacial score (nSPS) is 23.8. The van der Waals surface area contributed by atoms with E-state index >= 15 is 0 Å². The lowest BCUT2D eigenvalue weighted by Gasteiger charge is -2.21. The van der Waals surface area contributed by atoms with Crippen LogP contribution in [-0.4, -0.2) is 36.5 Å². The highest BCUT2D eigenvalue weighted by Crippen LogP contribution is 2.24. The van der Waals surface area contributed by atoms with Crippen LogP contribution in [0.15, 0.2) is 43.0 Å². The Morgan fingerprint density at radius 1 is 1.53 bits per heavy atom. The summed E-state index contributed by atoms with van der Waals surface area (Å²) in [5.74, 6) is -0.333. The molecule has 3 atom stereocenters. The second-order valence-corrected chi connectivity index (χ2v) is 4.57. The number of carbonyl (C=O) groups is 1. The zero-order valence-electron chi connectivity index (χ0n) is 10.7. The molecular formula is C15H18O4. The predicted molar refractivity (Wildman–Crippen MR) is 70.8 cm³/mol. The second kappa shape index (κ2) is 6.50. The maximum atomic E-state index is 11.8. The van der Waals surface area contributed by atoms with Crippen molar-refractivity contribution in [3.8, 4) is 0 Å². The molecule has 1 unspecified atom stereocenters. The Bertz CT molecular complexity index is 429. The Morgan fingerprint density at radius 2 is 2.26 bits per heavy atom. The molecule has 4 nitrogen and oxygen atoms in total.